The van der Waals surface area contributed by atoms with E-state index in [9.17, 15) is 0 Å². The fourth-order valence-electron chi connectivity index (χ4n) is 0.294. The van der Waals surface area contributed by atoms with Gasteiger partial charge in [0, 0.05) is 0 Å². The lowest BCUT2D eigenvalue weighted by atomic mass is 10.2. The molecule has 0 aromatic carbocycles. The fraction of sp³-hybridized carbons (Fsp3) is 0.667. The zero-order valence-electron chi connectivity index (χ0n) is 4.96. The van der Waals surface area contributed by atoms with Gasteiger partial charge in [-0.1, -0.05) is 5.92 Å². The summed E-state index contributed by atoms with van der Waals surface area (Å²) in [7, 11) is 0. The lowest BCUT2D eigenvalue weighted by Gasteiger charge is -2.07. The van der Waals surface area contributed by atoms with E-state index in [1.807, 2.05) is 0 Å². The first kappa shape index (κ1) is 8.14. The van der Waals surface area contributed by atoms with Crippen molar-refractivity contribution in [3.05, 3.63) is 0 Å². The van der Waals surface area contributed by atoms with Crippen molar-refractivity contribution in [1.82, 2.24) is 0 Å². The molecule has 0 heterocycles. The smallest absolute Gasteiger partial charge is 0.115 e. The lowest BCUT2D eigenvalue weighted by Crippen LogP contribution is -2.14. The van der Waals surface area contributed by atoms with E-state index in [2.05, 4.69) is 11.8 Å². The second kappa shape index (κ2) is 3.22. The summed E-state index contributed by atoms with van der Waals surface area (Å²) in [5.41, 5.74) is 0. The van der Waals surface area contributed by atoms with Gasteiger partial charge in [-0.25, -0.2) is 0 Å². The van der Waals surface area contributed by atoms with Crippen LogP contribution in [0.25, 0.3) is 0 Å². The van der Waals surface area contributed by atoms with Gasteiger partial charge < -0.3 is 0 Å². The Morgan fingerprint density at radius 1 is 1.62 bits per heavy atom. The SMILES string of the molecule is CC#CC(C)(Cl)CCl. The highest BCUT2D eigenvalue weighted by molar-refractivity contribution is 6.32. The Hall–Kier alpha value is 0.140. The van der Waals surface area contributed by atoms with Gasteiger partial charge in [0.05, 0.1) is 5.88 Å². The molecule has 0 N–H and O–H groups in total. The zero-order chi connectivity index (χ0) is 6.62. The summed E-state index contributed by atoms with van der Waals surface area (Å²) < 4.78 is 0. The maximum atomic E-state index is 5.72. The Morgan fingerprint density at radius 2 is 2.12 bits per heavy atom. The second-order valence-corrected chi connectivity index (χ2v) is 2.81. The van der Waals surface area contributed by atoms with Crippen molar-refractivity contribution >= 4 is 23.2 Å². The summed E-state index contributed by atoms with van der Waals surface area (Å²) in [5.74, 6) is 5.82. The minimum absolute atomic E-state index is 0.370. The zero-order valence-corrected chi connectivity index (χ0v) is 6.47. The molecule has 0 radical (unpaired) electrons. The molecule has 0 saturated heterocycles. The average molecular weight is 151 g/mol. The second-order valence-electron chi connectivity index (χ2n) is 1.71. The first-order valence-corrected chi connectivity index (χ1v) is 3.22. The van der Waals surface area contributed by atoms with Crippen LogP contribution in [-0.2, 0) is 0 Å². The van der Waals surface area contributed by atoms with Crippen molar-refractivity contribution in [2.24, 2.45) is 0 Å². The van der Waals surface area contributed by atoms with Gasteiger partial charge >= 0.3 is 0 Å². The lowest BCUT2D eigenvalue weighted by molar-refractivity contribution is 0.926. The van der Waals surface area contributed by atoms with Crippen LogP contribution in [0.4, 0.5) is 0 Å². The van der Waals surface area contributed by atoms with Crippen LogP contribution in [0.5, 0.6) is 0 Å². The van der Waals surface area contributed by atoms with E-state index in [0.717, 1.165) is 0 Å². The van der Waals surface area contributed by atoms with E-state index in [-0.39, 0.29) is 0 Å². The van der Waals surface area contributed by atoms with Crippen molar-refractivity contribution in [3.8, 4) is 11.8 Å². The van der Waals surface area contributed by atoms with Crippen molar-refractivity contribution in [2.75, 3.05) is 5.88 Å². The monoisotopic (exact) mass is 150 g/mol. The molecular weight excluding hydrogens is 143 g/mol. The summed E-state index contributed by atoms with van der Waals surface area (Å²) in [6, 6.07) is 0. The van der Waals surface area contributed by atoms with Crippen molar-refractivity contribution in [1.29, 1.82) is 0 Å². The van der Waals surface area contributed by atoms with Crippen LogP contribution in [0.3, 0.4) is 0 Å². The Balaban J connectivity index is 3.85. The molecule has 0 amide bonds. The predicted octanol–water partition coefficient (Wildman–Crippen LogP) is 2.25. The van der Waals surface area contributed by atoms with E-state index >= 15 is 0 Å². The topological polar surface area (TPSA) is 0 Å². The fourth-order valence-corrected chi connectivity index (χ4v) is 0.455. The molecular formula is C6H8Cl2. The van der Waals surface area contributed by atoms with Gasteiger partial charge in [0.25, 0.3) is 0 Å². The van der Waals surface area contributed by atoms with Crippen LogP contribution < -0.4 is 0 Å². The van der Waals surface area contributed by atoms with Gasteiger partial charge in [-0.3, -0.25) is 0 Å². The quantitative estimate of drug-likeness (QED) is 0.398. The summed E-state index contributed by atoms with van der Waals surface area (Å²) >= 11 is 11.2. The number of halogens is 2. The third kappa shape index (κ3) is 3.18. The molecule has 0 bridgehead atoms. The molecule has 46 valence electrons. The highest BCUT2D eigenvalue weighted by atomic mass is 35.5. The summed E-state index contributed by atoms with van der Waals surface area (Å²) in [4.78, 5) is -0.531. The van der Waals surface area contributed by atoms with Gasteiger partial charge in [-0.05, 0) is 13.8 Å². The highest BCUT2D eigenvalue weighted by Gasteiger charge is 2.13. The minimum Gasteiger partial charge on any atom is -0.124 e. The van der Waals surface area contributed by atoms with Gasteiger partial charge in [-0.2, -0.15) is 0 Å². The van der Waals surface area contributed by atoms with Crippen LogP contribution in [0.2, 0.25) is 0 Å². The van der Waals surface area contributed by atoms with E-state index in [4.69, 9.17) is 23.2 Å². The molecule has 0 saturated carbocycles. The van der Waals surface area contributed by atoms with E-state index in [0.29, 0.717) is 5.88 Å². The Labute approximate surface area is 60.2 Å². The van der Waals surface area contributed by atoms with E-state index < -0.39 is 4.87 Å². The molecule has 0 nitrogen and oxygen atoms in total. The van der Waals surface area contributed by atoms with Crippen molar-refractivity contribution in [3.63, 3.8) is 0 Å². The molecule has 0 fully saturated rings. The maximum Gasteiger partial charge on any atom is 0.115 e. The van der Waals surface area contributed by atoms with E-state index in [1.54, 1.807) is 13.8 Å². The first-order valence-electron chi connectivity index (χ1n) is 2.31. The number of hydrogen-bond donors (Lipinski definition) is 0. The molecule has 0 aliphatic rings. The Bertz CT molecular complexity index is 116. The average Bonchev–Trinajstić information content (AvgIpc) is 1.67. The van der Waals surface area contributed by atoms with Crippen LogP contribution in [0.15, 0.2) is 0 Å². The minimum atomic E-state index is -0.531. The van der Waals surface area contributed by atoms with Gasteiger partial charge in [0.15, 0.2) is 0 Å². The molecule has 0 aliphatic carbocycles. The van der Waals surface area contributed by atoms with Gasteiger partial charge in [0.2, 0.25) is 0 Å². The van der Waals surface area contributed by atoms with Gasteiger partial charge in [-0.15, -0.1) is 29.1 Å². The first-order chi connectivity index (χ1) is 3.62. The molecule has 0 aliphatic heterocycles. The normalized spacial score (nSPS) is 16.0. The third-order valence-electron chi connectivity index (χ3n) is 0.637. The third-order valence-corrected chi connectivity index (χ3v) is 1.54. The molecule has 2 heteroatoms. The number of hydrogen-bond acceptors (Lipinski definition) is 0. The Morgan fingerprint density at radius 3 is 2.25 bits per heavy atom. The van der Waals surface area contributed by atoms with Crippen LogP contribution >= 0.6 is 23.2 Å². The van der Waals surface area contributed by atoms with Crippen LogP contribution in [-0.4, -0.2) is 10.8 Å². The van der Waals surface area contributed by atoms with Crippen LogP contribution in [0, 0.1) is 11.8 Å². The summed E-state index contributed by atoms with van der Waals surface area (Å²) in [6.45, 7) is 3.53. The molecule has 0 aromatic heterocycles. The molecule has 1 atom stereocenters. The Kier molecular flexibility index (Phi) is 3.28. The molecule has 0 spiro atoms. The summed E-state index contributed by atoms with van der Waals surface area (Å²) in [6.07, 6.45) is 0. The molecule has 0 aromatic rings. The molecule has 1 unspecified atom stereocenters. The number of rotatable bonds is 1. The van der Waals surface area contributed by atoms with Crippen molar-refractivity contribution < 1.29 is 0 Å². The van der Waals surface area contributed by atoms with E-state index in [1.165, 1.54) is 0 Å². The maximum absolute atomic E-state index is 5.72. The predicted molar refractivity (Wildman–Crippen MR) is 38.4 cm³/mol. The number of alkyl halides is 2. The highest BCUT2D eigenvalue weighted by Crippen LogP contribution is 2.13. The van der Waals surface area contributed by atoms with Gasteiger partial charge in [0.1, 0.15) is 4.87 Å². The van der Waals surface area contributed by atoms with Crippen LogP contribution in [0.1, 0.15) is 13.8 Å². The summed E-state index contributed by atoms with van der Waals surface area (Å²) in [5, 5.41) is 0. The molecule has 8 heavy (non-hydrogen) atoms. The standard InChI is InChI=1S/C6H8Cl2/c1-3-4-6(2,8)5-7/h5H2,1-2H3. The largest absolute Gasteiger partial charge is 0.124 e. The van der Waals surface area contributed by atoms with Crippen molar-refractivity contribution in [2.45, 2.75) is 18.7 Å². The molecule has 0 rings (SSSR count).